The number of hydrogen-bond donors (Lipinski definition) is 1. The van der Waals surface area contributed by atoms with Gasteiger partial charge in [0, 0.05) is 11.8 Å². The van der Waals surface area contributed by atoms with Crippen molar-refractivity contribution in [2.75, 3.05) is 5.32 Å². The number of anilines is 1. The lowest BCUT2D eigenvalue weighted by Crippen LogP contribution is -2.16. The van der Waals surface area contributed by atoms with Crippen LogP contribution in [0, 0.1) is 0 Å². The van der Waals surface area contributed by atoms with Crippen LogP contribution in [0.1, 0.15) is 16.1 Å². The highest BCUT2D eigenvalue weighted by Crippen LogP contribution is 2.31. The maximum absolute atomic E-state index is 13.0. The Balaban J connectivity index is 1.72. The van der Waals surface area contributed by atoms with E-state index in [4.69, 9.17) is 0 Å². The number of rotatable bonds is 3. The third-order valence-corrected chi connectivity index (χ3v) is 3.90. The molecule has 0 bridgehead atoms. The molecular weight excluding hydrogens is 373 g/mol. The molecule has 0 aliphatic carbocycles. The van der Waals surface area contributed by atoms with Crippen LogP contribution in [0.5, 0.6) is 0 Å². The second-order valence-electron chi connectivity index (χ2n) is 5.76. The molecule has 0 fully saturated rings. The number of alkyl halides is 3. The first-order chi connectivity index (χ1) is 13.4. The van der Waals surface area contributed by atoms with Crippen molar-refractivity contribution in [2.45, 2.75) is 6.18 Å². The highest BCUT2D eigenvalue weighted by atomic mass is 19.4. The molecule has 3 aromatic heterocycles. The molecule has 28 heavy (non-hydrogen) atoms. The number of imidazole rings is 1. The summed E-state index contributed by atoms with van der Waals surface area (Å²) in [5.74, 6) is -0.219. The topological polar surface area (TPSA) is 85.1 Å². The Kier molecular flexibility index (Phi) is 4.22. The van der Waals surface area contributed by atoms with E-state index in [0.717, 1.165) is 12.1 Å². The highest BCUT2D eigenvalue weighted by molar-refractivity contribution is 6.02. The van der Waals surface area contributed by atoms with Gasteiger partial charge < -0.3 is 5.32 Å². The van der Waals surface area contributed by atoms with Gasteiger partial charge in [-0.1, -0.05) is 12.1 Å². The van der Waals surface area contributed by atoms with Crippen LogP contribution in [-0.4, -0.2) is 30.5 Å². The van der Waals surface area contributed by atoms with E-state index in [0.29, 0.717) is 11.5 Å². The Morgan fingerprint density at radius 2 is 1.93 bits per heavy atom. The second-order valence-corrected chi connectivity index (χ2v) is 5.76. The molecule has 140 valence electrons. The molecule has 7 nitrogen and oxygen atoms in total. The number of aromatic nitrogens is 5. The molecule has 0 unspecified atom stereocenters. The van der Waals surface area contributed by atoms with Gasteiger partial charge in [0.05, 0.1) is 17.5 Å². The van der Waals surface area contributed by atoms with Gasteiger partial charge in [-0.25, -0.2) is 19.5 Å². The van der Waals surface area contributed by atoms with Gasteiger partial charge in [0.1, 0.15) is 12.1 Å². The Morgan fingerprint density at radius 3 is 2.68 bits per heavy atom. The molecule has 1 amide bonds. The average Bonchev–Trinajstić information content (AvgIpc) is 3.11. The fourth-order valence-corrected chi connectivity index (χ4v) is 2.58. The smallest absolute Gasteiger partial charge is 0.305 e. The van der Waals surface area contributed by atoms with Crippen molar-refractivity contribution >= 4 is 17.4 Å². The maximum Gasteiger partial charge on any atom is 0.416 e. The number of carbonyl (C=O) groups is 1. The van der Waals surface area contributed by atoms with Crippen LogP contribution >= 0.6 is 0 Å². The number of nitrogens with zero attached hydrogens (tertiary/aromatic N) is 5. The number of fused-ring (bicyclic) bond motifs is 1. The van der Waals surface area contributed by atoms with E-state index >= 15 is 0 Å². The first-order valence-electron chi connectivity index (χ1n) is 8.01. The molecule has 0 aliphatic rings. The maximum atomic E-state index is 13.0. The summed E-state index contributed by atoms with van der Waals surface area (Å²) < 4.78 is 40.2. The Bertz CT molecular complexity index is 1160. The van der Waals surface area contributed by atoms with Crippen molar-refractivity contribution in [2.24, 2.45) is 0 Å². The number of benzene rings is 1. The van der Waals surface area contributed by atoms with Gasteiger partial charge in [0.25, 0.3) is 5.91 Å². The summed E-state index contributed by atoms with van der Waals surface area (Å²) in [5.41, 5.74) is 0.255. The van der Waals surface area contributed by atoms with Gasteiger partial charge in [-0.15, -0.1) is 0 Å². The standard InChI is InChI=1S/C18H11F3N6O/c19-18(20,21)12-3-1-2-11(8-12)13-4-5-16-23-9-14(27(16)26-13)17(28)25-15-6-7-22-10-24-15/h1-10H,(H,22,24,25,28). The van der Waals surface area contributed by atoms with E-state index < -0.39 is 17.6 Å². The number of carbonyl (C=O) groups excluding carboxylic acids is 1. The first kappa shape index (κ1) is 17.6. The van der Waals surface area contributed by atoms with Crippen LogP contribution in [-0.2, 0) is 6.18 Å². The molecule has 1 N–H and O–H groups in total. The Morgan fingerprint density at radius 1 is 1.07 bits per heavy atom. The molecule has 1 aromatic carbocycles. The Hall–Kier alpha value is -3.82. The highest BCUT2D eigenvalue weighted by Gasteiger charge is 2.30. The average molecular weight is 384 g/mol. The van der Waals surface area contributed by atoms with Crippen molar-refractivity contribution in [3.8, 4) is 11.3 Å². The largest absolute Gasteiger partial charge is 0.416 e. The van der Waals surface area contributed by atoms with Crippen LogP contribution in [0.25, 0.3) is 16.9 Å². The number of nitrogens with one attached hydrogen (secondary N) is 1. The van der Waals surface area contributed by atoms with Crippen LogP contribution in [0.3, 0.4) is 0 Å². The lowest BCUT2D eigenvalue weighted by atomic mass is 10.1. The van der Waals surface area contributed by atoms with Gasteiger partial charge in [-0.05, 0) is 30.3 Å². The van der Waals surface area contributed by atoms with Crippen LogP contribution in [0.2, 0.25) is 0 Å². The van der Waals surface area contributed by atoms with E-state index in [1.54, 1.807) is 12.1 Å². The molecule has 0 atom stereocenters. The van der Waals surface area contributed by atoms with Crippen LogP contribution in [0.4, 0.5) is 19.0 Å². The van der Waals surface area contributed by atoms with Crippen molar-refractivity contribution in [3.63, 3.8) is 0 Å². The normalized spacial score (nSPS) is 11.5. The van der Waals surface area contributed by atoms with E-state index in [1.807, 2.05) is 0 Å². The molecule has 10 heteroatoms. The van der Waals surface area contributed by atoms with Crippen LogP contribution < -0.4 is 5.32 Å². The number of halogens is 3. The quantitative estimate of drug-likeness (QED) is 0.585. The summed E-state index contributed by atoms with van der Waals surface area (Å²) in [4.78, 5) is 24.3. The molecule has 0 spiro atoms. The SMILES string of the molecule is O=C(Nc1ccncn1)c1cnc2ccc(-c3cccc(C(F)(F)F)c3)nn12. The van der Waals surface area contributed by atoms with Gasteiger partial charge in [0.2, 0.25) is 0 Å². The molecule has 4 rings (SSSR count). The van der Waals surface area contributed by atoms with Gasteiger partial charge in [-0.3, -0.25) is 4.79 Å². The van der Waals surface area contributed by atoms with E-state index in [-0.39, 0.29) is 17.0 Å². The zero-order valence-corrected chi connectivity index (χ0v) is 14.1. The predicted octanol–water partition coefficient (Wildman–Crippen LogP) is 3.46. The van der Waals surface area contributed by atoms with E-state index in [2.05, 4.69) is 25.4 Å². The third kappa shape index (κ3) is 3.39. The zero-order chi connectivity index (χ0) is 19.7. The summed E-state index contributed by atoms with van der Waals surface area (Å²) in [5, 5.41) is 6.87. The third-order valence-electron chi connectivity index (χ3n) is 3.90. The minimum atomic E-state index is -4.46. The van der Waals surface area contributed by atoms with Gasteiger partial charge in [0.15, 0.2) is 11.3 Å². The fraction of sp³-hybridized carbons (Fsp3) is 0.0556. The van der Waals surface area contributed by atoms with Gasteiger partial charge >= 0.3 is 6.18 Å². The molecule has 0 aliphatic heterocycles. The van der Waals surface area contributed by atoms with Crippen molar-refractivity contribution in [1.82, 2.24) is 24.6 Å². The lowest BCUT2D eigenvalue weighted by Gasteiger charge is -2.09. The molecule has 0 saturated heterocycles. The monoisotopic (exact) mass is 384 g/mol. The summed E-state index contributed by atoms with van der Waals surface area (Å²) in [7, 11) is 0. The summed E-state index contributed by atoms with van der Waals surface area (Å²) in [6.45, 7) is 0. The summed E-state index contributed by atoms with van der Waals surface area (Å²) in [6.07, 6.45) is -0.373. The number of hydrogen-bond acceptors (Lipinski definition) is 5. The summed E-state index contributed by atoms with van der Waals surface area (Å²) in [6, 6.07) is 9.45. The first-order valence-corrected chi connectivity index (χ1v) is 8.01. The summed E-state index contributed by atoms with van der Waals surface area (Å²) >= 11 is 0. The molecule has 4 aromatic rings. The van der Waals surface area contributed by atoms with Gasteiger partial charge in [-0.2, -0.15) is 18.3 Å². The molecule has 0 saturated carbocycles. The van der Waals surface area contributed by atoms with Crippen molar-refractivity contribution < 1.29 is 18.0 Å². The molecule has 0 radical (unpaired) electrons. The van der Waals surface area contributed by atoms with E-state index in [1.165, 1.54) is 41.4 Å². The molecular formula is C18H11F3N6O. The van der Waals surface area contributed by atoms with Crippen molar-refractivity contribution in [3.05, 3.63) is 72.4 Å². The predicted molar refractivity (Wildman–Crippen MR) is 93.4 cm³/mol. The molecule has 3 heterocycles. The number of amides is 1. The zero-order valence-electron chi connectivity index (χ0n) is 14.1. The minimum Gasteiger partial charge on any atom is -0.305 e. The Labute approximate surface area is 155 Å². The fourth-order valence-electron chi connectivity index (χ4n) is 2.58. The van der Waals surface area contributed by atoms with E-state index in [9.17, 15) is 18.0 Å². The van der Waals surface area contributed by atoms with Crippen molar-refractivity contribution in [1.29, 1.82) is 0 Å². The second kappa shape index (κ2) is 6.72. The minimum absolute atomic E-state index is 0.113. The van der Waals surface area contributed by atoms with Crippen LogP contribution in [0.15, 0.2) is 61.2 Å². The lowest BCUT2D eigenvalue weighted by molar-refractivity contribution is -0.137.